The van der Waals surface area contributed by atoms with Gasteiger partial charge in [-0.25, -0.2) is 4.39 Å². The van der Waals surface area contributed by atoms with Gasteiger partial charge in [0.05, 0.1) is 0 Å². The summed E-state index contributed by atoms with van der Waals surface area (Å²) in [5, 5.41) is 0. The third-order valence-corrected chi connectivity index (χ3v) is 2.52. The van der Waals surface area contributed by atoms with Gasteiger partial charge in [-0.1, -0.05) is 55.1 Å². The Labute approximate surface area is 95.1 Å². The van der Waals surface area contributed by atoms with Gasteiger partial charge < -0.3 is 0 Å². The van der Waals surface area contributed by atoms with E-state index in [4.69, 9.17) is 0 Å². The smallest absolute Gasteiger partial charge is 0.130 e. The van der Waals surface area contributed by atoms with Gasteiger partial charge in [-0.15, -0.1) is 0 Å². The first-order chi connectivity index (χ1) is 7.77. The van der Waals surface area contributed by atoms with E-state index in [0.717, 1.165) is 11.1 Å². The summed E-state index contributed by atoms with van der Waals surface area (Å²) in [6.07, 6.45) is 0.682. The van der Waals surface area contributed by atoms with Crippen molar-refractivity contribution < 1.29 is 4.39 Å². The molecule has 0 spiro atoms. The summed E-state index contributed by atoms with van der Waals surface area (Å²) in [7, 11) is 0. The third kappa shape index (κ3) is 2.37. The largest absolute Gasteiger partial charge is 0.206 e. The van der Waals surface area contributed by atoms with Gasteiger partial charge in [0, 0.05) is 5.56 Å². The molecule has 0 aliphatic carbocycles. The Hall–Kier alpha value is -1.89. The molecule has 2 aromatic carbocycles. The summed E-state index contributed by atoms with van der Waals surface area (Å²) in [5.41, 5.74) is 2.56. The van der Waals surface area contributed by atoms with Gasteiger partial charge in [-0.05, 0) is 23.6 Å². The quantitative estimate of drug-likeness (QED) is 0.719. The summed E-state index contributed by atoms with van der Waals surface area (Å²) < 4.78 is 13.5. The SMILES string of the molecule is C=C(Cc1ccccc1)c1ccccc1F. The van der Waals surface area contributed by atoms with Crippen LogP contribution in [0, 0.1) is 5.82 Å². The zero-order valence-electron chi connectivity index (χ0n) is 8.99. The second-order valence-corrected chi connectivity index (χ2v) is 3.75. The summed E-state index contributed by atoms with van der Waals surface area (Å²) in [4.78, 5) is 0. The van der Waals surface area contributed by atoms with Crippen molar-refractivity contribution in [2.24, 2.45) is 0 Å². The summed E-state index contributed by atoms with van der Waals surface area (Å²) in [5.74, 6) is -0.205. The Bertz CT molecular complexity index is 486. The van der Waals surface area contributed by atoms with Gasteiger partial charge in [-0.2, -0.15) is 0 Å². The fourth-order valence-corrected chi connectivity index (χ4v) is 1.69. The average Bonchev–Trinajstić information content (AvgIpc) is 2.31. The van der Waals surface area contributed by atoms with E-state index in [1.165, 1.54) is 6.07 Å². The Kier molecular flexibility index (Phi) is 3.16. The molecular weight excluding hydrogens is 199 g/mol. The highest BCUT2D eigenvalue weighted by molar-refractivity contribution is 5.65. The molecule has 0 atom stereocenters. The van der Waals surface area contributed by atoms with Crippen LogP contribution in [-0.4, -0.2) is 0 Å². The van der Waals surface area contributed by atoms with Crippen molar-refractivity contribution in [2.45, 2.75) is 6.42 Å². The molecule has 0 aromatic heterocycles. The number of allylic oxidation sites excluding steroid dienone is 1. The van der Waals surface area contributed by atoms with E-state index in [2.05, 4.69) is 6.58 Å². The predicted octanol–water partition coefficient (Wildman–Crippen LogP) is 4.08. The molecule has 0 radical (unpaired) electrons. The molecule has 0 N–H and O–H groups in total. The van der Waals surface area contributed by atoms with Gasteiger partial charge in [-0.3, -0.25) is 0 Å². The standard InChI is InChI=1S/C15H13F/c1-12(11-13-7-3-2-4-8-13)14-9-5-6-10-15(14)16/h2-10H,1,11H2. The zero-order valence-corrected chi connectivity index (χ0v) is 8.99. The molecule has 2 rings (SSSR count). The fraction of sp³-hybridized carbons (Fsp3) is 0.0667. The molecule has 0 bridgehead atoms. The van der Waals surface area contributed by atoms with Gasteiger partial charge in [0.1, 0.15) is 5.82 Å². The van der Waals surface area contributed by atoms with Crippen LogP contribution in [0.25, 0.3) is 5.57 Å². The van der Waals surface area contributed by atoms with Crippen molar-refractivity contribution in [3.05, 3.63) is 78.1 Å². The topological polar surface area (TPSA) is 0 Å². The molecule has 1 heteroatoms. The molecule has 2 aromatic rings. The number of benzene rings is 2. The minimum atomic E-state index is -0.205. The summed E-state index contributed by atoms with van der Waals surface area (Å²) >= 11 is 0. The zero-order chi connectivity index (χ0) is 11.4. The molecule has 0 heterocycles. The molecule has 0 unspecified atom stereocenters. The maximum Gasteiger partial charge on any atom is 0.130 e. The Morgan fingerprint density at radius 1 is 0.938 bits per heavy atom. The lowest BCUT2D eigenvalue weighted by Crippen LogP contribution is -1.92. The summed E-state index contributed by atoms with van der Waals surface area (Å²) in [6.45, 7) is 3.94. The van der Waals surface area contributed by atoms with Crippen molar-refractivity contribution in [2.75, 3.05) is 0 Å². The van der Waals surface area contributed by atoms with Crippen molar-refractivity contribution in [3.63, 3.8) is 0 Å². The molecule has 0 nitrogen and oxygen atoms in total. The second-order valence-electron chi connectivity index (χ2n) is 3.75. The first-order valence-corrected chi connectivity index (χ1v) is 5.24. The van der Waals surface area contributed by atoms with Crippen molar-refractivity contribution in [1.82, 2.24) is 0 Å². The molecular formula is C15H13F. The molecule has 80 valence electrons. The molecule has 0 fully saturated rings. The van der Waals surface area contributed by atoms with Crippen LogP contribution < -0.4 is 0 Å². The van der Waals surface area contributed by atoms with Crippen molar-refractivity contribution in [1.29, 1.82) is 0 Å². The van der Waals surface area contributed by atoms with E-state index in [1.807, 2.05) is 36.4 Å². The summed E-state index contributed by atoms with van der Waals surface area (Å²) in [6, 6.07) is 16.7. The number of hydrogen-bond acceptors (Lipinski definition) is 0. The number of halogens is 1. The van der Waals surface area contributed by atoms with Crippen LogP contribution in [0.1, 0.15) is 11.1 Å². The highest BCUT2D eigenvalue weighted by atomic mass is 19.1. The first kappa shape index (κ1) is 10.6. The van der Waals surface area contributed by atoms with Crippen LogP contribution in [0.2, 0.25) is 0 Å². The van der Waals surface area contributed by atoms with Crippen LogP contribution in [0.3, 0.4) is 0 Å². The van der Waals surface area contributed by atoms with Gasteiger partial charge in [0.15, 0.2) is 0 Å². The lowest BCUT2D eigenvalue weighted by Gasteiger charge is -2.07. The molecule has 16 heavy (non-hydrogen) atoms. The molecule has 0 saturated heterocycles. The number of hydrogen-bond donors (Lipinski definition) is 0. The van der Waals surface area contributed by atoms with Crippen LogP contribution in [0.5, 0.6) is 0 Å². The lowest BCUT2D eigenvalue weighted by atomic mass is 9.99. The maximum absolute atomic E-state index is 13.5. The lowest BCUT2D eigenvalue weighted by molar-refractivity contribution is 0.623. The first-order valence-electron chi connectivity index (χ1n) is 5.24. The van der Waals surface area contributed by atoms with E-state index < -0.39 is 0 Å². The monoisotopic (exact) mass is 212 g/mol. The Morgan fingerprint density at radius 2 is 1.56 bits per heavy atom. The van der Waals surface area contributed by atoms with E-state index in [9.17, 15) is 4.39 Å². The van der Waals surface area contributed by atoms with Gasteiger partial charge in [0.25, 0.3) is 0 Å². The van der Waals surface area contributed by atoms with E-state index in [1.54, 1.807) is 12.1 Å². The molecule has 0 aliphatic rings. The minimum absolute atomic E-state index is 0.205. The van der Waals surface area contributed by atoms with Crippen molar-refractivity contribution >= 4 is 5.57 Å². The van der Waals surface area contributed by atoms with Crippen molar-refractivity contribution in [3.8, 4) is 0 Å². The average molecular weight is 212 g/mol. The highest BCUT2D eigenvalue weighted by Gasteiger charge is 2.05. The van der Waals surface area contributed by atoms with E-state index >= 15 is 0 Å². The third-order valence-electron chi connectivity index (χ3n) is 2.52. The van der Waals surface area contributed by atoms with Crippen LogP contribution in [0.4, 0.5) is 4.39 Å². The van der Waals surface area contributed by atoms with Gasteiger partial charge >= 0.3 is 0 Å². The van der Waals surface area contributed by atoms with Gasteiger partial charge in [0.2, 0.25) is 0 Å². The molecule has 0 amide bonds. The normalized spacial score (nSPS) is 10.1. The number of rotatable bonds is 3. The Balaban J connectivity index is 2.19. The fourth-order valence-electron chi connectivity index (χ4n) is 1.69. The van der Waals surface area contributed by atoms with Crippen LogP contribution >= 0.6 is 0 Å². The molecule has 0 aliphatic heterocycles. The Morgan fingerprint density at radius 3 is 2.25 bits per heavy atom. The van der Waals surface area contributed by atoms with Crippen LogP contribution in [-0.2, 0) is 6.42 Å². The molecule has 0 saturated carbocycles. The highest BCUT2D eigenvalue weighted by Crippen LogP contribution is 2.20. The predicted molar refractivity (Wildman–Crippen MR) is 65.6 cm³/mol. The minimum Gasteiger partial charge on any atom is -0.206 e. The second kappa shape index (κ2) is 4.75. The van der Waals surface area contributed by atoms with E-state index in [0.29, 0.717) is 12.0 Å². The van der Waals surface area contributed by atoms with Crippen LogP contribution in [0.15, 0.2) is 61.2 Å². The van der Waals surface area contributed by atoms with E-state index in [-0.39, 0.29) is 5.82 Å². The maximum atomic E-state index is 13.5.